The van der Waals surface area contributed by atoms with Gasteiger partial charge in [0.15, 0.2) is 0 Å². The van der Waals surface area contributed by atoms with Gasteiger partial charge in [-0.3, -0.25) is 0 Å². The first kappa shape index (κ1) is 16.5. The van der Waals surface area contributed by atoms with E-state index in [-0.39, 0.29) is 0 Å². The number of nitrogens with one attached hydrogen (secondary N) is 1. The third kappa shape index (κ3) is 6.44. The van der Waals surface area contributed by atoms with E-state index in [1.54, 1.807) is 0 Å². The molecular formula is C16H26BrNO. The zero-order valence-electron chi connectivity index (χ0n) is 12.5. The van der Waals surface area contributed by atoms with Crippen LogP contribution in [0.25, 0.3) is 0 Å². The summed E-state index contributed by atoms with van der Waals surface area (Å²) in [5, 5.41) is 3.44. The Morgan fingerprint density at radius 3 is 2.63 bits per heavy atom. The molecule has 3 heteroatoms. The molecule has 0 aliphatic heterocycles. The van der Waals surface area contributed by atoms with Crippen molar-refractivity contribution in [2.45, 2.75) is 53.1 Å². The van der Waals surface area contributed by atoms with Crippen molar-refractivity contribution in [2.75, 3.05) is 6.61 Å². The predicted octanol–water partition coefficient (Wildman–Crippen LogP) is 4.76. The number of rotatable bonds is 8. The van der Waals surface area contributed by atoms with E-state index in [1.807, 2.05) is 6.07 Å². The molecule has 0 bridgehead atoms. The van der Waals surface area contributed by atoms with E-state index < -0.39 is 0 Å². The van der Waals surface area contributed by atoms with Gasteiger partial charge in [-0.2, -0.15) is 0 Å². The number of ether oxygens (including phenoxy) is 1. The molecule has 1 N–H and O–H groups in total. The standard InChI is InChI=1S/C16H26BrNO/c1-5-6-13(4)11-19-16-8-7-15(17)9-14(16)10-18-12(2)3/h7-9,12-13,18H,5-6,10-11H2,1-4H3. The fourth-order valence-electron chi connectivity index (χ4n) is 1.95. The van der Waals surface area contributed by atoms with Crippen molar-refractivity contribution in [1.29, 1.82) is 0 Å². The van der Waals surface area contributed by atoms with Crippen LogP contribution in [0.2, 0.25) is 0 Å². The maximum absolute atomic E-state index is 5.98. The Hall–Kier alpha value is -0.540. The second kappa shape index (κ2) is 8.60. The summed E-state index contributed by atoms with van der Waals surface area (Å²) in [6.45, 7) is 10.4. The van der Waals surface area contributed by atoms with E-state index in [1.165, 1.54) is 18.4 Å². The average molecular weight is 328 g/mol. The maximum atomic E-state index is 5.98. The molecule has 0 radical (unpaired) electrons. The minimum atomic E-state index is 0.478. The highest BCUT2D eigenvalue weighted by Crippen LogP contribution is 2.24. The molecule has 1 rings (SSSR count). The summed E-state index contributed by atoms with van der Waals surface area (Å²) >= 11 is 3.52. The molecule has 19 heavy (non-hydrogen) atoms. The quantitative estimate of drug-likeness (QED) is 0.743. The van der Waals surface area contributed by atoms with Crippen molar-refractivity contribution in [1.82, 2.24) is 5.32 Å². The molecule has 1 unspecified atom stereocenters. The van der Waals surface area contributed by atoms with Crippen molar-refractivity contribution >= 4 is 15.9 Å². The van der Waals surface area contributed by atoms with Gasteiger partial charge < -0.3 is 10.1 Å². The summed E-state index contributed by atoms with van der Waals surface area (Å²) in [5.41, 5.74) is 1.21. The lowest BCUT2D eigenvalue weighted by Gasteiger charge is -2.16. The molecule has 0 spiro atoms. The van der Waals surface area contributed by atoms with Crippen LogP contribution in [0.5, 0.6) is 5.75 Å². The van der Waals surface area contributed by atoms with E-state index in [0.717, 1.165) is 23.4 Å². The summed E-state index contributed by atoms with van der Waals surface area (Å²) in [6, 6.07) is 6.71. The van der Waals surface area contributed by atoms with Crippen LogP contribution in [0, 0.1) is 5.92 Å². The second-order valence-electron chi connectivity index (χ2n) is 5.49. The van der Waals surface area contributed by atoms with Crippen LogP contribution in [0.4, 0.5) is 0 Å². The minimum Gasteiger partial charge on any atom is -0.493 e. The van der Waals surface area contributed by atoms with Gasteiger partial charge in [0.25, 0.3) is 0 Å². The lowest BCUT2D eigenvalue weighted by atomic mass is 10.1. The molecule has 0 aromatic heterocycles. The summed E-state index contributed by atoms with van der Waals surface area (Å²) in [4.78, 5) is 0. The van der Waals surface area contributed by atoms with Crippen molar-refractivity contribution in [3.05, 3.63) is 28.2 Å². The van der Waals surface area contributed by atoms with Gasteiger partial charge in [-0.05, 0) is 30.5 Å². The van der Waals surface area contributed by atoms with Crippen LogP contribution < -0.4 is 10.1 Å². The van der Waals surface area contributed by atoms with Gasteiger partial charge in [0.1, 0.15) is 5.75 Å². The van der Waals surface area contributed by atoms with Gasteiger partial charge in [0.05, 0.1) is 6.61 Å². The molecule has 0 fully saturated rings. The third-order valence-electron chi connectivity index (χ3n) is 3.03. The fraction of sp³-hybridized carbons (Fsp3) is 0.625. The Kier molecular flexibility index (Phi) is 7.47. The topological polar surface area (TPSA) is 21.3 Å². The third-order valence-corrected chi connectivity index (χ3v) is 3.52. The highest BCUT2D eigenvalue weighted by Gasteiger charge is 2.08. The molecule has 0 saturated carbocycles. The molecule has 0 amide bonds. The Labute approximate surface area is 126 Å². The van der Waals surface area contributed by atoms with Crippen molar-refractivity contribution in [3.63, 3.8) is 0 Å². The van der Waals surface area contributed by atoms with Gasteiger partial charge in [0, 0.05) is 22.6 Å². The van der Waals surface area contributed by atoms with Gasteiger partial charge in [-0.15, -0.1) is 0 Å². The monoisotopic (exact) mass is 327 g/mol. The molecule has 1 atom stereocenters. The zero-order chi connectivity index (χ0) is 14.3. The van der Waals surface area contributed by atoms with Gasteiger partial charge in [-0.25, -0.2) is 0 Å². The van der Waals surface area contributed by atoms with Crippen LogP contribution in [-0.4, -0.2) is 12.6 Å². The number of hydrogen-bond donors (Lipinski definition) is 1. The van der Waals surface area contributed by atoms with Crippen molar-refractivity contribution in [3.8, 4) is 5.75 Å². The van der Waals surface area contributed by atoms with Gasteiger partial charge in [-0.1, -0.05) is 50.0 Å². The van der Waals surface area contributed by atoms with E-state index in [2.05, 4.69) is 61.1 Å². The molecule has 0 aliphatic carbocycles. The molecule has 1 aromatic rings. The van der Waals surface area contributed by atoms with Crippen molar-refractivity contribution < 1.29 is 4.74 Å². The maximum Gasteiger partial charge on any atom is 0.123 e. The number of hydrogen-bond acceptors (Lipinski definition) is 2. The zero-order valence-corrected chi connectivity index (χ0v) is 14.1. The van der Waals surface area contributed by atoms with E-state index in [0.29, 0.717) is 12.0 Å². The highest BCUT2D eigenvalue weighted by atomic mass is 79.9. The lowest BCUT2D eigenvalue weighted by molar-refractivity contribution is 0.249. The van der Waals surface area contributed by atoms with Crippen LogP contribution in [0.15, 0.2) is 22.7 Å². The van der Waals surface area contributed by atoms with Crippen molar-refractivity contribution in [2.24, 2.45) is 5.92 Å². The molecule has 108 valence electrons. The number of halogens is 1. The van der Waals surface area contributed by atoms with Gasteiger partial charge in [0.2, 0.25) is 0 Å². The molecule has 2 nitrogen and oxygen atoms in total. The van der Waals surface area contributed by atoms with Crippen LogP contribution in [-0.2, 0) is 6.54 Å². The Balaban J connectivity index is 2.65. The minimum absolute atomic E-state index is 0.478. The molecular weight excluding hydrogens is 302 g/mol. The first-order chi connectivity index (χ1) is 9.02. The smallest absolute Gasteiger partial charge is 0.123 e. The fourth-order valence-corrected chi connectivity index (χ4v) is 2.36. The molecule has 0 aliphatic rings. The largest absolute Gasteiger partial charge is 0.493 e. The predicted molar refractivity (Wildman–Crippen MR) is 85.7 cm³/mol. The first-order valence-corrected chi connectivity index (χ1v) is 7.96. The van der Waals surface area contributed by atoms with Crippen LogP contribution in [0.1, 0.15) is 46.1 Å². The molecule has 0 heterocycles. The Bertz CT molecular complexity index is 379. The van der Waals surface area contributed by atoms with E-state index in [4.69, 9.17) is 4.74 Å². The SMILES string of the molecule is CCCC(C)COc1ccc(Br)cc1CNC(C)C. The summed E-state index contributed by atoms with van der Waals surface area (Å²) in [7, 11) is 0. The Morgan fingerprint density at radius 2 is 2.00 bits per heavy atom. The lowest BCUT2D eigenvalue weighted by Crippen LogP contribution is -2.22. The Morgan fingerprint density at radius 1 is 1.26 bits per heavy atom. The second-order valence-corrected chi connectivity index (χ2v) is 6.41. The number of benzene rings is 1. The van der Waals surface area contributed by atoms with E-state index >= 15 is 0 Å². The first-order valence-electron chi connectivity index (χ1n) is 7.17. The molecule has 0 saturated heterocycles. The van der Waals surface area contributed by atoms with Crippen LogP contribution in [0.3, 0.4) is 0 Å². The van der Waals surface area contributed by atoms with E-state index in [9.17, 15) is 0 Å². The van der Waals surface area contributed by atoms with Crippen LogP contribution >= 0.6 is 15.9 Å². The normalized spacial score (nSPS) is 12.7. The molecule has 1 aromatic carbocycles. The average Bonchev–Trinajstić information content (AvgIpc) is 2.35. The summed E-state index contributed by atoms with van der Waals surface area (Å²) in [6.07, 6.45) is 2.43. The summed E-state index contributed by atoms with van der Waals surface area (Å²) < 4.78 is 7.08. The van der Waals surface area contributed by atoms with Gasteiger partial charge >= 0.3 is 0 Å². The highest BCUT2D eigenvalue weighted by molar-refractivity contribution is 9.10. The summed E-state index contributed by atoms with van der Waals surface area (Å²) in [5.74, 6) is 1.61.